The number of carbonyl (C=O) groups is 1. The summed E-state index contributed by atoms with van der Waals surface area (Å²) in [5.41, 5.74) is -0.829. The summed E-state index contributed by atoms with van der Waals surface area (Å²) in [6.07, 6.45) is 33.7. The maximum Gasteiger partial charge on any atom is 0.339 e. The van der Waals surface area contributed by atoms with Gasteiger partial charge in [0.05, 0.1) is 27.7 Å². The molecule has 4 aliphatic rings. The van der Waals surface area contributed by atoms with Crippen molar-refractivity contribution in [3.05, 3.63) is 23.8 Å². The first-order chi connectivity index (χ1) is 30.3. The van der Waals surface area contributed by atoms with E-state index in [1.165, 1.54) is 108 Å². The number of aliphatic carboxylic acids is 1. The second-order valence-electron chi connectivity index (χ2n) is 23.2. The molecule has 3 fully saturated rings. The van der Waals surface area contributed by atoms with Crippen molar-refractivity contribution < 1.29 is 42.7 Å². The van der Waals surface area contributed by atoms with E-state index in [1.54, 1.807) is 0 Å². The Labute approximate surface area is 392 Å². The van der Waals surface area contributed by atoms with Crippen LogP contribution in [0.15, 0.2) is 23.8 Å². The lowest BCUT2D eigenvalue weighted by Crippen LogP contribution is -2.61. The summed E-state index contributed by atoms with van der Waals surface area (Å²) in [6.45, 7) is 14.2. The number of carboxylic acid groups (broad SMARTS) is 1. The Hall–Kier alpha value is -1.06. The number of aliphatic hydroxyl groups excluding tert-OH is 1. The molecule has 0 aromatic heterocycles. The highest BCUT2D eigenvalue weighted by molar-refractivity contribution is 7.46. The number of hydrogen-bond acceptors (Lipinski definition) is 7. The Morgan fingerprint density at radius 2 is 1.52 bits per heavy atom. The molecule has 0 radical (unpaired) electrons. The fourth-order valence-corrected chi connectivity index (χ4v) is 14.4. The number of ether oxygens (including phenoxy) is 1. The molecule has 0 bridgehead atoms. The smallest absolute Gasteiger partial charge is 0.339 e. The number of unbranched alkanes of at least 4 members (excludes halogenated alkanes) is 12. The van der Waals surface area contributed by atoms with E-state index in [4.69, 9.17) is 13.8 Å². The molecule has 9 nitrogen and oxygen atoms in total. The van der Waals surface area contributed by atoms with E-state index < -0.39 is 38.0 Å². The quantitative estimate of drug-likeness (QED) is 0.0296. The number of phosphoric ester groups is 1. The molecule has 0 amide bonds. The molecule has 0 saturated heterocycles. The third kappa shape index (κ3) is 15.2. The number of quaternary nitrogens is 1. The molecule has 0 aromatic carbocycles. The van der Waals surface area contributed by atoms with Crippen molar-refractivity contribution in [2.75, 3.05) is 47.5 Å². The van der Waals surface area contributed by atoms with Crippen molar-refractivity contribution in [2.45, 2.75) is 214 Å². The number of hydrogen-bond donors (Lipinski definition) is 2. The average molecular weight is 920 g/mol. The summed E-state index contributed by atoms with van der Waals surface area (Å²) in [5.74, 6) is 1.95. The molecule has 0 aliphatic heterocycles. The highest BCUT2D eigenvalue weighted by Crippen LogP contribution is 2.68. The minimum Gasteiger partial charge on any atom is -0.756 e. The lowest BCUT2D eigenvalue weighted by atomic mass is 9.46. The summed E-state index contributed by atoms with van der Waals surface area (Å²) < 4.78 is 31.7. The number of allylic oxidation sites excluding steroid dienone is 4. The lowest BCUT2D eigenvalue weighted by molar-refractivity contribution is -0.870. The van der Waals surface area contributed by atoms with Gasteiger partial charge in [0.2, 0.25) is 5.60 Å². The second kappa shape index (κ2) is 26.1. The highest BCUT2D eigenvalue weighted by atomic mass is 31.2. The van der Waals surface area contributed by atoms with E-state index in [-0.39, 0.29) is 18.6 Å². The Morgan fingerprint density at radius 1 is 0.875 bits per heavy atom. The maximum atomic E-state index is 13.8. The number of fused-ring (bicyclic) bond motifs is 5. The van der Waals surface area contributed by atoms with Gasteiger partial charge in [-0.1, -0.05) is 142 Å². The van der Waals surface area contributed by atoms with Crippen LogP contribution in [0.25, 0.3) is 0 Å². The maximum absolute atomic E-state index is 13.8. The normalized spacial score (nSPS) is 30.0. The van der Waals surface area contributed by atoms with Crippen LogP contribution >= 0.6 is 7.82 Å². The van der Waals surface area contributed by atoms with Gasteiger partial charge in [-0.15, -0.1) is 0 Å². The lowest BCUT2D eigenvalue weighted by Gasteiger charge is -2.59. The van der Waals surface area contributed by atoms with Gasteiger partial charge in [0, 0.05) is 12.5 Å². The van der Waals surface area contributed by atoms with Crippen molar-refractivity contribution >= 4 is 13.8 Å². The molecule has 11 atom stereocenters. The summed E-state index contributed by atoms with van der Waals surface area (Å²) in [5, 5.41) is 22.1. The van der Waals surface area contributed by atoms with Gasteiger partial charge >= 0.3 is 5.97 Å². The summed E-state index contributed by atoms with van der Waals surface area (Å²) in [4.78, 5) is 27.5. The van der Waals surface area contributed by atoms with Crippen molar-refractivity contribution in [1.82, 2.24) is 0 Å². The second-order valence-corrected chi connectivity index (χ2v) is 24.5. The largest absolute Gasteiger partial charge is 0.756 e. The van der Waals surface area contributed by atoms with Gasteiger partial charge < -0.3 is 28.9 Å². The number of aliphatic hydroxyl groups is 1. The van der Waals surface area contributed by atoms with Crippen LogP contribution in [0.4, 0.5) is 0 Å². The molecule has 64 heavy (non-hydrogen) atoms. The minimum atomic E-state index is -5.14. The molecule has 0 heterocycles. The van der Waals surface area contributed by atoms with E-state index in [1.807, 2.05) is 21.1 Å². The van der Waals surface area contributed by atoms with Gasteiger partial charge in [-0.2, -0.15) is 0 Å². The van der Waals surface area contributed by atoms with Crippen molar-refractivity contribution in [2.24, 2.45) is 52.3 Å². The molecule has 4 rings (SSSR count). The molecule has 3 saturated carbocycles. The van der Waals surface area contributed by atoms with Gasteiger partial charge in [-0.25, -0.2) is 4.79 Å². The van der Waals surface area contributed by atoms with E-state index in [9.17, 15) is 24.5 Å². The Kier molecular flexibility index (Phi) is 22.6. The monoisotopic (exact) mass is 920 g/mol. The molecule has 2 N–H and O–H groups in total. The zero-order chi connectivity index (χ0) is 47.0. The molecular weight excluding hydrogens is 822 g/mol. The van der Waals surface area contributed by atoms with E-state index in [2.05, 4.69) is 59.8 Å². The van der Waals surface area contributed by atoms with Crippen molar-refractivity contribution in [3.63, 3.8) is 0 Å². The predicted octanol–water partition coefficient (Wildman–Crippen LogP) is 13.1. The first-order valence-electron chi connectivity index (χ1n) is 26.6. The Balaban J connectivity index is 1.41. The van der Waals surface area contributed by atoms with E-state index in [0.717, 1.165) is 56.3 Å². The first kappa shape index (κ1) is 55.5. The molecular formula is C54H98NO8P. The van der Waals surface area contributed by atoms with Gasteiger partial charge in [0.25, 0.3) is 7.82 Å². The van der Waals surface area contributed by atoms with E-state index >= 15 is 0 Å². The SMILES string of the molecule is CCCCCCCC/C=C\CCCCCCCCOC(CO)C(OP(=O)([O-])OCC[N+](C)(C)C)(C(=O)O)C1CC[C@@]2(C)C(=CCC3C2CC[C@@]2(C)C3CC[C@@H]2[C@H](C)CCCC(C)C)C1. The van der Waals surface area contributed by atoms with Gasteiger partial charge in [-0.3, -0.25) is 9.09 Å². The summed E-state index contributed by atoms with van der Waals surface area (Å²) in [7, 11) is 0.653. The van der Waals surface area contributed by atoms with Gasteiger partial charge in [-0.05, 0) is 130 Å². The summed E-state index contributed by atoms with van der Waals surface area (Å²) >= 11 is 0. The number of phosphoric acid groups is 1. The molecule has 10 heteroatoms. The topological polar surface area (TPSA) is 125 Å². The van der Waals surface area contributed by atoms with Crippen LogP contribution < -0.4 is 4.89 Å². The Bertz CT molecular complexity index is 1490. The van der Waals surface area contributed by atoms with Crippen LogP contribution in [-0.4, -0.2) is 79.9 Å². The van der Waals surface area contributed by atoms with Crippen molar-refractivity contribution in [1.29, 1.82) is 0 Å². The molecule has 7 unspecified atom stereocenters. The zero-order valence-electron chi connectivity index (χ0n) is 42.6. The zero-order valence-corrected chi connectivity index (χ0v) is 43.5. The summed E-state index contributed by atoms with van der Waals surface area (Å²) in [6, 6.07) is 0. The fourth-order valence-electron chi connectivity index (χ4n) is 13.3. The van der Waals surface area contributed by atoms with Crippen LogP contribution in [0, 0.1) is 52.3 Å². The third-order valence-electron chi connectivity index (χ3n) is 17.1. The molecule has 4 aliphatic carbocycles. The number of carboxylic acids is 1. The van der Waals surface area contributed by atoms with Crippen LogP contribution in [0.2, 0.25) is 0 Å². The first-order valence-corrected chi connectivity index (χ1v) is 28.1. The molecule has 0 spiro atoms. The van der Waals surface area contributed by atoms with Crippen LogP contribution in [0.5, 0.6) is 0 Å². The minimum absolute atomic E-state index is 0.0896. The fraction of sp³-hybridized carbons (Fsp3) is 0.907. The molecule has 0 aromatic rings. The van der Waals surface area contributed by atoms with Gasteiger partial charge in [0.1, 0.15) is 19.3 Å². The van der Waals surface area contributed by atoms with E-state index in [0.29, 0.717) is 53.5 Å². The molecule has 372 valence electrons. The highest BCUT2D eigenvalue weighted by Gasteiger charge is 2.62. The van der Waals surface area contributed by atoms with Crippen LogP contribution in [-0.2, 0) is 23.1 Å². The number of rotatable bonds is 32. The number of likely N-dealkylation sites (N-methyl/N-ethyl adjacent to an activating group) is 1. The third-order valence-corrected chi connectivity index (χ3v) is 18.2. The standard InChI is InChI=1S/C54H98NO8P/c1-10-11-12-13-14-15-16-17-18-19-20-21-22-23-24-25-38-61-50(41-56)54(51(57)58,63-64(59,60)62-39-37-55(7,8)9)45-33-35-52(5)44(40-45)29-30-46-48-32-31-47(43(4)28-26-27-42(2)3)53(48,6)36-34-49(46)52/h17-18,29,42-43,45-50,56H,10-16,19-28,30-41H2,1-9H3,(H-,57,58,59,60)/b18-17-/t43-,45?,46?,47-,48?,49?,50?,52+,53-,54?/m1/s1. The Morgan fingerprint density at radius 3 is 2.12 bits per heavy atom. The predicted molar refractivity (Wildman–Crippen MR) is 261 cm³/mol. The van der Waals surface area contributed by atoms with Crippen LogP contribution in [0.1, 0.15) is 202 Å². The van der Waals surface area contributed by atoms with Crippen molar-refractivity contribution in [3.8, 4) is 0 Å². The average Bonchev–Trinajstić information content (AvgIpc) is 3.59. The van der Waals surface area contributed by atoms with Gasteiger partial charge in [0.15, 0.2) is 0 Å². The van der Waals surface area contributed by atoms with Crippen LogP contribution in [0.3, 0.4) is 0 Å². The number of nitrogens with zero attached hydrogens (tertiary/aromatic N) is 1.